The molecule has 1 amide bonds. The highest BCUT2D eigenvalue weighted by atomic mass is 19.2. The molecule has 34 heavy (non-hydrogen) atoms. The molecule has 2 heterocycles. The van der Waals surface area contributed by atoms with Gasteiger partial charge in [0.25, 0.3) is 11.5 Å². The molecule has 0 saturated carbocycles. The van der Waals surface area contributed by atoms with E-state index in [9.17, 15) is 22.8 Å². The quantitative estimate of drug-likeness (QED) is 0.310. The first-order valence-electron chi connectivity index (χ1n) is 10.1. The minimum Gasteiger partial charge on any atom is -0.355 e. The summed E-state index contributed by atoms with van der Waals surface area (Å²) in [6.45, 7) is 0. The maximum Gasteiger partial charge on any atom is 0.257 e. The molecule has 0 saturated heterocycles. The Kier molecular flexibility index (Phi) is 5.21. The maximum absolute atomic E-state index is 13.9. The molecule has 0 radical (unpaired) electrons. The van der Waals surface area contributed by atoms with Crippen LogP contribution < -0.4 is 16.2 Å². The number of hydrogen-bond acceptors (Lipinski definition) is 4. The van der Waals surface area contributed by atoms with Gasteiger partial charge in [0.15, 0.2) is 11.6 Å². The zero-order valence-electron chi connectivity index (χ0n) is 17.3. The van der Waals surface area contributed by atoms with Gasteiger partial charge >= 0.3 is 0 Å². The molecule has 0 spiro atoms. The van der Waals surface area contributed by atoms with Gasteiger partial charge in [-0.25, -0.2) is 18.2 Å². The van der Waals surface area contributed by atoms with Crippen molar-refractivity contribution in [1.29, 1.82) is 0 Å². The van der Waals surface area contributed by atoms with Crippen LogP contribution in [0.15, 0.2) is 77.7 Å². The van der Waals surface area contributed by atoms with E-state index >= 15 is 0 Å². The monoisotopic (exact) mass is 460 g/mol. The molecule has 5 aromatic rings. The van der Waals surface area contributed by atoms with Gasteiger partial charge in [0, 0.05) is 39.3 Å². The Labute approximate surface area is 190 Å². The Bertz CT molecular complexity index is 1630. The van der Waals surface area contributed by atoms with E-state index in [0.717, 1.165) is 12.1 Å². The molecule has 0 unspecified atom stereocenters. The summed E-state index contributed by atoms with van der Waals surface area (Å²) < 4.78 is 40.4. The predicted octanol–water partition coefficient (Wildman–Crippen LogP) is 5.49. The van der Waals surface area contributed by atoms with Gasteiger partial charge in [-0.2, -0.15) is 0 Å². The van der Waals surface area contributed by atoms with Crippen molar-refractivity contribution in [2.24, 2.45) is 0 Å². The molecular weight excluding hydrogens is 445 g/mol. The molecule has 9 heteroatoms. The van der Waals surface area contributed by atoms with Crippen LogP contribution in [0.1, 0.15) is 10.4 Å². The number of carbonyl (C=O) groups excluding carboxylic acids is 1. The first-order chi connectivity index (χ1) is 16.4. The lowest BCUT2D eigenvalue weighted by atomic mass is 10.1. The molecule has 0 aliphatic carbocycles. The van der Waals surface area contributed by atoms with Crippen LogP contribution in [0.25, 0.3) is 21.8 Å². The number of rotatable bonds is 4. The fourth-order valence-corrected chi connectivity index (χ4v) is 3.66. The highest BCUT2D eigenvalue weighted by Gasteiger charge is 2.13. The molecule has 0 aliphatic rings. The van der Waals surface area contributed by atoms with Crippen LogP contribution in [0.5, 0.6) is 0 Å². The number of halogens is 3. The molecule has 0 bridgehead atoms. The molecular formula is C25H15F3N4O2. The summed E-state index contributed by atoms with van der Waals surface area (Å²) >= 11 is 0. The number of nitrogens with zero attached hydrogens (tertiary/aromatic N) is 1. The van der Waals surface area contributed by atoms with E-state index < -0.39 is 23.4 Å². The minimum absolute atomic E-state index is 0.0162. The van der Waals surface area contributed by atoms with Crippen LogP contribution in [0.4, 0.5) is 30.2 Å². The number of hydrogen-bond donors (Lipinski definition) is 3. The Morgan fingerprint density at radius 2 is 1.59 bits per heavy atom. The van der Waals surface area contributed by atoms with Crippen molar-refractivity contribution in [3.8, 4) is 0 Å². The second kappa shape index (κ2) is 8.36. The van der Waals surface area contributed by atoms with Crippen molar-refractivity contribution in [2.45, 2.75) is 0 Å². The summed E-state index contributed by atoms with van der Waals surface area (Å²) in [5, 5.41) is 7.13. The van der Waals surface area contributed by atoms with Gasteiger partial charge in [0.2, 0.25) is 0 Å². The predicted molar refractivity (Wildman–Crippen MR) is 124 cm³/mol. The van der Waals surface area contributed by atoms with Crippen molar-refractivity contribution in [2.75, 3.05) is 10.6 Å². The van der Waals surface area contributed by atoms with Gasteiger partial charge in [0.05, 0.1) is 5.69 Å². The van der Waals surface area contributed by atoms with Crippen LogP contribution in [0, 0.1) is 17.5 Å². The Morgan fingerprint density at radius 3 is 2.35 bits per heavy atom. The number of H-pyrrole nitrogens is 1. The summed E-state index contributed by atoms with van der Waals surface area (Å²) in [6, 6.07) is 15.2. The average Bonchev–Trinajstić information content (AvgIpc) is 2.82. The summed E-state index contributed by atoms with van der Waals surface area (Å²) in [5.74, 6) is -3.20. The number of anilines is 3. The molecule has 5 rings (SSSR count). The zero-order chi connectivity index (χ0) is 23.8. The van der Waals surface area contributed by atoms with Crippen molar-refractivity contribution in [3.05, 3.63) is 106 Å². The van der Waals surface area contributed by atoms with Crippen LogP contribution in [0.3, 0.4) is 0 Å². The molecule has 3 N–H and O–H groups in total. The number of aromatic nitrogens is 2. The van der Waals surface area contributed by atoms with Crippen molar-refractivity contribution in [3.63, 3.8) is 0 Å². The largest absolute Gasteiger partial charge is 0.355 e. The van der Waals surface area contributed by atoms with Crippen LogP contribution in [-0.2, 0) is 0 Å². The lowest BCUT2D eigenvalue weighted by molar-refractivity contribution is 0.102. The number of fused-ring (bicyclic) bond motifs is 3. The molecule has 0 atom stereocenters. The zero-order valence-corrected chi connectivity index (χ0v) is 17.3. The van der Waals surface area contributed by atoms with E-state index in [-0.39, 0.29) is 11.1 Å². The SMILES string of the molecule is O=C(Nc1ccc(Nc2ccnc3[nH]c(=O)c4ccc(F)cc4c23)cc1)c1ccc(F)c(F)c1. The highest BCUT2D eigenvalue weighted by molar-refractivity contribution is 6.11. The van der Waals surface area contributed by atoms with Crippen molar-refractivity contribution in [1.82, 2.24) is 9.97 Å². The number of benzene rings is 3. The Hall–Kier alpha value is -4.66. The number of amides is 1. The second-order valence-corrected chi connectivity index (χ2v) is 7.51. The van der Waals surface area contributed by atoms with Crippen LogP contribution in [-0.4, -0.2) is 15.9 Å². The third kappa shape index (κ3) is 3.95. The molecule has 168 valence electrons. The topological polar surface area (TPSA) is 86.9 Å². The van der Waals surface area contributed by atoms with Crippen LogP contribution in [0.2, 0.25) is 0 Å². The van der Waals surface area contributed by atoms with Gasteiger partial charge < -0.3 is 15.6 Å². The van der Waals surface area contributed by atoms with E-state index in [0.29, 0.717) is 38.9 Å². The summed E-state index contributed by atoms with van der Waals surface area (Å²) in [7, 11) is 0. The molecule has 6 nitrogen and oxygen atoms in total. The van der Waals surface area contributed by atoms with E-state index in [1.807, 2.05) is 0 Å². The normalized spacial score (nSPS) is 11.0. The van der Waals surface area contributed by atoms with Crippen LogP contribution >= 0.6 is 0 Å². The third-order valence-electron chi connectivity index (χ3n) is 5.28. The standard InChI is InChI=1S/C25H15F3N4O2/c26-14-2-7-17-18(12-14)22-21(9-10-29-23(22)32-25(17)34)30-15-3-5-16(6-4-15)31-24(33)13-1-8-19(27)20(28)11-13/h1-12H,(H,31,33)(H2,29,30,32,34). The van der Waals surface area contributed by atoms with Crippen molar-refractivity contribution >= 4 is 44.8 Å². The number of aromatic amines is 1. The second-order valence-electron chi connectivity index (χ2n) is 7.51. The number of pyridine rings is 2. The van der Waals surface area contributed by atoms with E-state index in [1.165, 1.54) is 30.5 Å². The summed E-state index contributed by atoms with van der Waals surface area (Å²) in [6.07, 6.45) is 1.52. The molecule has 0 fully saturated rings. The number of nitrogens with one attached hydrogen (secondary N) is 3. The summed E-state index contributed by atoms with van der Waals surface area (Å²) in [5.41, 5.74) is 1.61. The molecule has 2 aromatic heterocycles. The fraction of sp³-hybridized carbons (Fsp3) is 0. The fourth-order valence-electron chi connectivity index (χ4n) is 3.66. The Balaban J connectivity index is 1.43. The molecule has 3 aromatic carbocycles. The minimum atomic E-state index is -1.11. The first-order valence-corrected chi connectivity index (χ1v) is 10.1. The van der Waals surface area contributed by atoms with E-state index in [4.69, 9.17) is 0 Å². The van der Waals surface area contributed by atoms with Gasteiger partial charge in [-0.15, -0.1) is 0 Å². The van der Waals surface area contributed by atoms with Gasteiger partial charge in [0.1, 0.15) is 11.5 Å². The average molecular weight is 460 g/mol. The lowest BCUT2D eigenvalue weighted by Crippen LogP contribution is -2.12. The van der Waals surface area contributed by atoms with Crippen molar-refractivity contribution < 1.29 is 18.0 Å². The maximum atomic E-state index is 13.9. The molecule has 0 aliphatic heterocycles. The summed E-state index contributed by atoms with van der Waals surface area (Å²) in [4.78, 5) is 31.5. The van der Waals surface area contributed by atoms with Gasteiger partial charge in [-0.3, -0.25) is 9.59 Å². The third-order valence-corrected chi connectivity index (χ3v) is 5.28. The highest BCUT2D eigenvalue weighted by Crippen LogP contribution is 2.30. The lowest BCUT2D eigenvalue weighted by Gasteiger charge is -2.12. The van der Waals surface area contributed by atoms with Gasteiger partial charge in [-0.1, -0.05) is 0 Å². The van der Waals surface area contributed by atoms with Gasteiger partial charge in [-0.05, 0) is 66.7 Å². The smallest absolute Gasteiger partial charge is 0.257 e. The van der Waals surface area contributed by atoms with E-state index in [1.54, 1.807) is 30.3 Å². The first kappa shape index (κ1) is 21.2. The Morgan fingerprint density at radius 1 is 0.824 bits per heavy atom. The number of carbonyl (C=O) groups is 1. The van der Waals surface area contributed by atoms with E-state index in [2.05, 4.69) is 20.6 Å².